The van der Waals surface area contributed by atoms with Crippen LogP contribution >= 0.6 is 0 Å². The van der Waals surface area contributed by atoms with Crippen molar-refractivity contribution in [2.75, 3.05) is 11.9 Å². The number of amides is 1. The summed E-state index contributed by atoms with van der Waals surface area (Å²) in [5.74, 6) is -1.39. The highest BCUT2D eigenvalue weighted by molar-refractivity contribution is 5.97. The molecular weight excluding hydrogens is 334 g/mol. The molecule has 3 rings (SSSR count). The summed E-state index contributed by atoms with van der Waals surface area (Å²) in [5.41, 5.74) is 1.95. The van der Waals surface area contributed by atoms with Gasteiger partial charge in [0.25, 0.3) is 5.91 Å². The fraction of sp³-hybridized carbons (Fsp3) is 0.150. The van der Waals surface area contributed by atoms with Crippen molar-refractivity contribution >= 4 is 28.5 Å². The summed E-state index contributed by atoms with van der Waals surface area (Å²) >= 11 is 0. The Morgan fingerprint density at radius 2 is 1.85 bits per heavy atom. The molecule has 0 spiro atoms. The average Bonchev–Trinajstić information content (AvgIpc) is 2.63. The monoisotopic (exact) mass is 351 g/mol. The molecule has 0 saturated heterocycles. The Kier molecular flexibility index (Phi) is 4.84. The zero-order valence-corrected chi connectivity index (χ0v) is 14.4. The van der Waals surface area contributed by atoms with Crippen molar-refractivity contribution in [2.45, 2.75) is 13.8 Å². The molecule has 0 aliphatic carbocycles. The van der Waals surface area contributed by atoms with E-state index in [0.29, 0.717) is 16.7 Å². The van der Waals surface area contributed by atoms with Gasteiger partial charge in [0.1, 0.15) is 11.1 Å². The molecule has 1 N–H and O–H groups in total. The predicted octanol–water partition coefficient (Wildman–Crippen LogP) is 3.21. The average molecular weight is 351 g/mol. The van der Waals surface area contributed by atoms with Gasteiger partial charge in [-0.1, -0.05) is 30.3 Å². The van der Waals surface area contributed by atoms with E-state index in [1.165, 1.54) is 6.07 Å². The molecule has 1 aromatic heterocycles. The van der Waals surface area contributed by atoms with Crippen LogP contribution in [0.2, 0.25) is 0 Å². The molecular formula is C20H17NO5. The van der Waals surface area contributed by atoms with Gasteiger partial charge < -0.3 is 14.5 Å². The van der Waals surface area contributed by atoms with Crippen LogP contribution < -0.4 is 10.9 Å². The highest BCUT2D eigenvalue weighted by Crippen LogP contribution is 2.18. The maximum Gasteiger partial charge on any atom is 0.351 e. The number of carbonyl (C=O) groups is 2. The Labute approximate surface area is 149 Å². The van der Waals surface area contributed by atoms with Gasteiger partial charge in [-0.2, -0.15) is 0 Å². The van der Waals surface area contributed by atoms with Crippen LogP contribution in [0.4, 0.5) is 5.69 Å². The third-order valence-electron chi connectivity index (χ3n) is 4.07. The third-order valence-corrected chi connectivity index (χ3v) is 4.07. The minimum Gasteiger partial charge on any atom is -0.452 e. The molecule has 1 amide bonds. The van der Waals surface area contributed by atoms with Crippen molar-refractivity contribution < 1.29 is 18.7 Å². The van der Waals surface area contributed by atoms with Crippen LogP contribution in [-0.2, 0) is 9.53 Å². The summed E-state index contributed by atoms with van der Waals surface area (Å²) in [5, 5.41) is 3.28. The second-order valence-electron chi connectivity index (χ2n) is 5.86. The molecule has 0 aliphatic rings. The molecule has 0 bridgehead atoms. The third kappa shape index (κ3) is 3.64. The predicted molar refractivity (Wildman–Crippen MR) is 97.3 cm³/mol. The molecule has 0 fully saturated rings. The van der Waals surface area contributed by atoms with Crippen molar-refractivity contribution in [2.24, 2.45) is 0 Å². The highest BCUT2D eigenvalue weighted by Gasteiger charge is 2.17. The van der Waals surface area contributed by atoms with Crippen LogP contribution in [0.25, 0.3) is 11.0 Å². The number of hydrogen-bond donors (Lipinski definition) is 1. The van der Waals surface area contributed by atoms with E-state index in [4.69, 9.17) is 9.15 Å². The first-order valence-corrected chi connectivity index (χ1v) is 8.02. The minimum absolute atomic E-state index is 0.247. The number of fused-ring (bicyclic) bond motifs is 1. The summed E-state index contributed by atoms with van der Waals surface area (Å²) in [4.78, 5) is 36.1. The number of rotatable bonds is 4. The first-order chi connectivity index (χ1) is 12.5. The van der Waals surface area contributed by atoms with Crippen LogP contribution in [0.5, 0.6) is 0 Å². The number of ether oxygens (including phenoxy) is 1. The SMILES string of the molecule is Cc1cccc(NC(=O)COC(=O)c2cc3ccccc3oc2=O)c1C. The smallest absolute Gasteiger partial charge is 0.351 e. The number of hydrogen-bond acceptors (Lipinski definition) is 5. The van der Waals surface area contributed by atoms with Crippen LogP contribution in [0, 0.1) is 13.8 Å². The molecule has 6 heteroatoms. The van der Waals surface area contributed by atoms with E-state index in [-0.39, 0.29) is 5.56 Å². The lowest BCUT2D eigenvalue weighted by Gasteiger charge is -2.10. The standard InChI is InChI=1S/C20H17NO5/c1-12-6-5-8-16(13(12)2)21-18(22)11-25-19(23)15-10-14-7-3-4-9-17(14)26-20(15)24/h3-10H,11H2,1-2H3,(H,21,22). The Morgan fingerprint density at radius 3 is 2.65 bits per heavy atom. The quantitative estimate of drug-likeness (QED) is 0.576. The van der Waals surface area contributed by atoms with E-state index in [1.807, 2.05) is 26.0 Å². The molecule has 0 atom stereocenters. The number of anilines is 1. The summed E-state index contributed by atoms with van der Waals surface area (Å²) in [6, 6.07) is 13.7. The summed E-state index contributed by atoms with van der Waals surface area (Å²) in [7, 11) is 0. The minimum atomic E-state index is -0.902. The number of nitrogens with one attached hydrogen (secondary N) is 1. The first-order valence-electron chi connectivity index (χ1n) is 8.02. The summed E-state index contributed by atoms with van der Waals surface area (Å²) in [6.07, 6.45) is 0. The topological polar surface area (TPSA) is 85.6 Å². The van der Waals surface area contributed by atoms with Crippen LogP contribution in [-0.4, -0.2) is 18.5 Å². The lowest BCUT2D eigenvalue weighted by Crippen LogP contribution is -2.24. The Morgan fingerprint density at radius 1 is 1.08 bits per heavy atom. The van der Waals surface area contributed by atoms with Gasteiger partial charge in [-0.25, -0.2) is 9.59 Å². The van der Waals surface area contributed by atoms with E-state index in [9.17, 15) is 14.4 Å². The molecule has 132 valence electrons. The van der Waals surface area contributed by atoms with Crippen molar-refractivity contribution in [1.29, 1.82) is 0 Å². The number of aryl methyl sites for hydroxylation is 1. The second kappa shape index (κ2) is 7.23. The van der Waals surface area contributed by atoms with E-state index < -0.39 is 24.1 Å². The molecule has 26 heavy (non-hydrogen) atoms. The van der Waals surface area contributed by atoms with E-state index >= 15 is 0 Å². The van der Waals surface area contributed by atoms with Gasteiger partial charge in [0.2, 0.25) is 0 Å². The maximum absolute atomic E-state index is 12.1. The van der Waals surface area contributed by atoms with Gasteiger partial charge in [-0.05, 0) is 43.2 Å². The van der Waals surface area contributed by atoms with Crippen molar-refractivity contribution in [1.82, 2.24) is 0 Å². The zero-order valence-electron chi connectivity index (χ0n) is 14.4. The first kappa shape index (κ1) is 17.4. The Hall–Kier alpha value is -3.41. The molecule has 0 unspecified atom stereocenters. The number of esters is 1. The van der Waals surface area contributed by atoms with E-state index in [2.05, 4.69) is 5.32 Å². The lowest BCUT2D eigenvalue weighted by molar-refractivity contribution is -0.119. The zero-order chi connectivity index (χ0) is 18.7. The van der Waals surface area contributed by atoms with Crippen LogP contribution in [0.1, 0.15) is 21.5 Å². The van der Waals surface area contributed by atoms with Crippen LogP contribution in [0.3, 0.4) is 0 Å². The number of para-hydroxylation sites is 1. The molecule has 3 aromatic rings. The van der Waals surface area contributed by atoms with E-state index in [0.717, 1.165) is 11.1 Å². The molecule has 0 radical (unpaired) electrons. The number of carbonyl (C=O) groups excluding carboxylic acids is 2. The molecule has 0 aliphatic heterocycles. The normalized spacial score (nSPS) is 10.5. The number of benzene rings is 2. The molecule has 0 saturated carbocycles. The largest absolute Gasteiger partial charge is 0.452 e. The van der Waals surface area contributed by atoms with Gasteiger partial charge in [0.05, 0.1) is 0 Å². The van der Waals surface area contributed by atoms with E-state index in [1.54, 1.807) is 30.3 Å². The fourth-order valence-corrected chi connectivity index (χ4v) is 2.49. The van der Waals surface area contributed by atoms with Crippen molar-refractivity contribution in [3.63, 3.8) is 0 Å². The highest BCUT2D eigenvalue weighted by atomic mass is 16.5. The van der Waals surface area contributed by atoms with Gasteiger partial charge in [0, 0.05) is 11.1 Å². The molecule has 6 nitrogen and oxygen atoms in total. The fourth-order valence-electron chi connectivity index (χ4n) is 2.49. The molecule has 2 aromatic carbocycles. The van der Waals surface area contributed by atoms with Crippen LogP contribution in [0.15, 0.2) is 57.7 Å². The van der Waals surface area contributed by atoms with Crippen molar-refractivity contribution in [3.8, 4) is 0 Å². The van der Waals surface area contributed by atoms with Gasteiger partial charge >= 0.3 is 11.6 Å². The Balaban J connectivity index is 1.69. The van der Waals surface area contributed by atoms with Crippen molar-refractivity contribution in [3.05, 3.63) is 75.6 Å². The van der Waals surface area contributed by atoms with Gasteiger partial charge in [-0.15, -0.1) is 0 Å². The second-order valence-corrected chi connectivity index (χ2v) is 5.86. The summed E-state index contributed by atoms with van der Waals surface area (Å²) < 4.78 is 10.0. The summed E-state index contributed by atoms with van der Waals surface area (Å²) in [6.45, 7) is 3.32. The van der Waals surface area contributed by atoms with Gasteiger partial charge in [0.15, 0.2) is 6.61 Å². The Bertz CT molecular complexity index is 1050. The van der Waals surface area contributed by atoms with Gasteiger partial charge in [-0.3, -0.25) is 4.79 Å². The molecule has 1 heterocycles. The lowest BCUT2D eigenvalue weighted by atomic mass is 10.1. The maximum atomic E-state index is 12.1.